The first-order chi connectivity index (χ1) is 30.9. The van der Waals surface area contributed by atoms with Crippen LogP contribution in [-0.4, -0.2) is 0 Å². The number of benzene rings is 7. The van der Waals surface area contributed by atoms with Gasteiger partial charge in [0.1, 0.15) is 0 Å². The zero-order valence-electron chi connectivity index (χ0n) is 39.9. The average molecular weight is 840 g/mol. The molecule has 326 valence electrons. The van der Waals surface area contributed by atoms with Gasteiger partial charge in [0, 0.05) is 22.5 Å². The van der Waals surface area contributed by atoms with Gasteiger partial charge < -0.3 is 4.90 Å². The molecule has 0 bridgehead atoms. The number of hydrogen-bond acceptors (Lipinski definition) is 1. The molecular weight excluding hydrogens is 771 g/mol. The van der Waals surface area contributed by atoms with Gasteiger partial charge in [-0.2, -0.15) is 0 Å². The second-order valence-corrected chi connectivity index (χ2v) is 21.1. The first-order valence-corrected chi connectivity index (χ1v) is 24.5. The van der Waals surface area contributed by atoms with Crippen LogP contribution in [0.4, 0.5) is 17.1 Å². The topological polar surface area (TPSA) is 3.24 Å². The lowest BCUT2D eigenvalue weighted by molar-refractivity contribution is 0.436. The molecule has 0 N–H and O–H groups in total. The molecule has 1 heteroatoms. The van der Waals surface area contributed by atoms with Gasteiger partial charge in [-0.05, 0) is 151 Å². The molecule has 2 aliphatic rings. The highest BCUT2D eigenvalue weighted by Gasteiger charge is 2.42. The van der Waals surface area contributed by atoms with Crippen molar-refractivity contribution in [3.8, 4) is 44.5 Å². The summed E-state index contributed by atoms with van der Waals surface area (Å²) in [6.07, 6.45) is 11.4. The Kier molecular flexibility index (Phi) is 12.1. The van der Waals surface area contributed by atoms with Gasteiger partial charge in [-0.25, -0.2) is 0 Å². The van der Waals surface area contributed by atoms with Crippen LogP contribution in [0.1, 0.15) is 147 Å². The van der Waals surface area contributed by atoms with Gasteiger partial charge in [0.25, 0.3) is 0 Å². The van der Waals surface area contributed by atoms with E-state index >= 15 is 0 Å². The minimum atomic E-state index is 0.0170. The van der Waals surface area contributed by atoms with Crippen molar-refractivity contribution in [1.29, 1.82) is 0 Å². The van der Waals surface area contributed by atoms with Crippen LogP contribution >= 0.6 is 0 Å². The monoisotopic (exact) mass is 840 g/mol. The summed E-state index contributed by atoms with van der Waals surface area (Å²) in [5.74, 6) is 0.719. The lowest BCUT2D eigenvalue weighted by atomic mass is 9.71. The van der Waals surface area contributed by atoms with Crippen LogP contribution in [0.25, 0.3) is 44.5 Å². The average Bonchev–Trinajstić information content (AvgIpc) is 3.57. The summed E-state index contributed by atoms with van der Waals surface area (Å²) in [6.45, 7) is 18.6. The molecule has 2 aliphatic carbocycles. The molecule has 0 aliphatic heterocycles. The molecule has 7 aromatic carbocycles. The van der Waals surface area contributed by atoms with Gasteiger partial charge >= 0.3 is 0 Å². The fourth-order valence-electron chi connectivity index (χ4n) is 11.1. The summed E-state index contributed by atoms with van der Waals surface area (Å²) in [6, 6.07) is 60.8. The van der Waals surface area contributed by atoms with Crippen LogP contribution in [0.5, 0.6) is 0 Å². The number of nitrogens with zero attached hydrogens (tertiary/aromatic N) is 1. The van der Waals surface area contributed by atoms with Crippen LogP contribution in [0.15, 0.2) is 158 Å². The highest BCUT2D eigenvalue weighted by molar-refractivity contribution is 5.87. The zero-order chi connectivity index (χ0) is 44.6. The van der Waals surface area contributed by atoms with E-state index in [4.69, 9.17) is 0 Å². The summed E-state index contributed by atoms with van der Waals surface area (Å²) in [5, 5.41) is 0. The number of hydrogen-bond donors (Lipinski definition) is 0. The molecule has 64 heavy (non-hydrogen) atoms. The molecule has 0 spiro atoms. The predicted octanol–water partition coefficient (Wildman–Crippen LogP) is 18.7. The van der Waals surface area contributed by atoms with E-state index in [1.807, 2.05) is 0 Å². The Morgan fingerprint density at radius 2 is 0.875 bits per heavy atom. The minimum absolute atomic E-state index is 0.0170. The van der Waals surface area contributed by atoms with Crippen LogP contribution in [-0.2, 0) is 16.2 Å². The van der Waals surface area contributed by atoms with Gasteiger partial charge in [0.05, 0.1) is 0 Å². The van der Waals surface area contributed by atoms with Crippen molar-refractivity contribution in [1.82, 2.24) is 0 Å². The molecule has 0 amide bonds. The third-order valence-corrected chi connectivity index (χ3v) is 14.7. The van der Waals surface area contributed by atoms with E-state index in [-0.39, 0.29) is 16.2 Å². The van der Waals surface area contributed by atoms with E-state index in [9.17, 15) is 0 Å². The molecule has 0 radical (unpaired) electrons. The molecule has 1 saturated carbocycles. The number of fused-ring (bicyclic) bond motifs is 3. The largest absolute Gasteiger partial charge is 0.310 e. The van der Waals surface area contributed by atoms with Crippen molar-refractivity contribution in [2.75, 3.05) is 4.90 Å². The SMILES string of the molecule is CCCC1(CCC)c2ccccc2-c2ccc(N(c3ccc(-c4ccc(-c5cc(C(C)(C)C)cc(C(C)(C)C)c5)cc4)cc3)c3ccc(-c4ccc(C5CCCCC5)cc4)cc3)cc21. The van der Waals surface area contributed by atoms with Gasteiger partial charge in [-0.3, -0.25) is 0 Å². The lowest BCUT2D eigenvalue weighted by Crippen LogP contribution is -2.25. The van der Waals surface area contributed by atoms with Crippen molar-refractivity contribution in [3.63, 3.8) is 0 Å². The normalized spacial score (nSPS) is 14.9. The van der Waals surface area contributed by atoms with E-state index < -0.39 is 0 Å². The van der Waals surface area contributed by atoms with Gasteiger partial charge in [-0.15, -0.1) is 0 Å². The lowest BCUT2D eigenvalue weighted by Gasteiger charge is -2.33. The third kappa shape index (κ3) is 8.52. The molecule has 1 fully saturated rings. The van der Waals surface area contributed by atoms with Crippen molar-refractivity contribution in [3.05, 3.63) is 186 Å². The second kappa shape index (κ2) is 17.7. The minimum Gasteiger partial charge on any atom is -0.310 e. The Morgan fingerprint density at radius 1 is 0.438 bits per heavy atom. The molecule has 7 aromatic rings. The van der Waals surface area contributed by atoms with Gasteiger partial charge in [0.15, 0.2) is 0 Å². The first-order valence-electron chi connectivity index (χ1n) is 24.5. The van der Waals surface area contributed by atoms with Gasteiger partial charge in [0.2, 0.25) is 0 Å². The van der Waals surface area contributed by atoms with E-state index in [0.717, 1.165) is 37.3 Å². The summed E-state index contributed by atoms with van der Waals surface area (Å²) >= 11 is 0. The molecule has 0 heterocycles. The highest BCUT2D eigenvalue weighted by atomic mass is 15.1. The van der Waals surface area contributed by atoms with E-state index in [2.05, 4.69) is 218 Å². The van der Waals surface area contributed by atoms with Gasteiger partial charge in [-0.1, -0.05) is 209 Å². The third-order valence-electron chi connectivity index (χ3n) is 14.7. The van der Waals surface area contributed by atoms with E-state index in [0.29, 0.717) is 0 Å². The first kappa shape index (κ1) is 43.6. The summed E-state index contributed by atoms with van der Waals surface area (Å²) < 4.78 is 0. The molecule has 0 saturated heterocycles. The standard InChI is InChI=1S/C63H69N/c1-9-38-63(39-10-2)59-19-15-14-18-57(59)58-37-36-56(43-60(58)63)64(54-32-28-48(29-33-54)46-22-20-45(21-23-46)44-16-12-11-13-17-44)55-34-30-49(31-35-55)47-24-26-50(27-25-47)51-40-52(61(3,4)5)42-53(41-51)62(6,7)8/h14-15,18-37,40-44H,9-13,16-17,38-39H2,1-8H3. The Balaban J connectivity index is 1.07. The molecule has 1 nitrogen and oxygen atoms in total. The van der Waals surface area contributed by atoms with Crippen LogP contribution in [0.2, 0.25) is 0 Å². The summed E-state index contributed by atoms with van der Waals surface area (Å²) in [5.41, 5.74) is 21.3. The molecule has 0 aromatic heterocycles. The molecule has 9 rings (SSSR count). The maximum atomic E-state index is 2.53. The molecule has 0 atom stereocenters. The second-order valence-electron chi connectivity index (χ2n) is 21.1. The zero-order valence-corrected chi connectivity index (χ0v) is 39.9. The van der Waals surface area contributed by atoms with E-state index in [1.54, 1.807) is 0 Å². The smallest absolute Gasteiger partial charge is 0.0465 e. The fraction of sp³-hybridized carbons (Fsp3) is 0.333. The molecular formula is C63H69N. The van der Waals surface area contributed by atoms with E-state index in [1.165, 1.54) is 116 Å². The van der Waals surface area contributed by atoms with Crippen molar-refractivity contribution < 1.29 is 0 Å². The Bertz CT molecular complexity index is 2660. The van der Waals surface area contributed by atoms with Crippen molar-refractivity contribution in [2.45, 2.75) is 135 Å². The summed E-state index contributed by atoms with van der Waals surface area (Å²) in [7, 11) is 0. The van der Waals surface area contributed by atoms with Crippen molar-refractivity contribution in [2.24, 2.45) is 0 Å². The maximum absolute atomic E-state index is 2.53. The number of anilines is 3. The van der Waals surface area contributed by atoms with Crippen LogP contribution in [0, 0.1) is 0 Å². The predicted molar refractivity (Wildman–Crippen MR) is 277 cm³/mol. The highest BCUT2D eigenvalue weighted by Crippen LogP contribution is 2.55. The van der Waals surface area contributed by atoms with Crippen molar-refractivity contribution >= 4 is 17.1 Å². The molecule has 0 unspecified atom stereocenters. The van der Waals surface area contributed by atoms with Crippen LogP contribution in [0.3, 0.4) is 0 Å². The van der Waals surface area contributed by atoms with Crippen LogP contribution < -0.4 is 4.90 Å². The number of rotatable bonds is 11. The Morgan fingerprint density at radius 3 is 1.38 bits per heavy atom. The Labute approximate surface area is 385 Å². The quantitative estimate of drug-likeness (QED) is 0.125. The summed E-state index contributed by atoms with van der Waals surface area (Å²) in [4.78, 5) is 2.48. The fourth-order valence-corrected chi connectivity index (χ4v) is 11.1. The Hall–Kier alpha value is -5.66. The maximum Gasteiger partial charge on any atom is 0.0465 e.